The number of benzene rings is 1. The van der Waals surface area contributed by atoms with Crippen LogP contribution in [0.3, 0.4) is 0 Å². The molecule has 1 aromatic rings. The van der Waals surface area contributed by atoms with E-state index in [4.69, 9.17) is 14.2 Å². The van der Waals surface area contributed by atoms with Gasteiger partial charge in [0, 0.05) is 0 Å². The standard InChI is InChI=1S/C16H22O4/c1-3-4-10-20-16(17)14(2)13-18-11-12-19-15-8-6-5-7-9-15/h5-9H,2-4,10-13H2,1H3. The first-order chi connectivity index (χ1) is 9.74. The summed E-state index contributed by atoms with van der Waals surface area (Å²) in [7, 11) is 0. The fourth-order valence-electron chi connectivity index (χ4n) is 1.40. The average molecular weight is 278 g/mol. The number of unbranched alkanes of at least 4 members (excludes halogenated alkanes) is 1. The Balaban J connectivity index is 2.05. The van der Waals surface area contributed by atoms with E-state index in [9.17, 15) is 4.79 Å². The molecule has 0 spiro atoms. The number of esters is 1. The molecule has 0 saturated carbocycles. The Hall–Kier alpha value is -1.81. The number of para-hydroxylation sites is 1. The van der Waals surface area contributed by atoms with Crippen LogP contribution in [0, 0.1) is 0 Å². The number of hydrogen-bond acceptors (Lipinski definition) is 4. The summed E-state index contributed by atoms with van der Waals surface area (Å²) >= 11 is 0. The molecule has 0 radical (unpaired) electrons. The Morgan fingerprint density at radius 1 is 1.15 bits per heavy atom. The van der Waals surface area contributed by atoms with Crippen LogP contribution in [0.5, 0.6) is 5.75 Å². The fraction of sp³-hybridized carbons (Fsp3) is 0.438. The van der Waals surface area contributed by atoms with E-state index in [0.717, 1.165) is 18.6 Å². The molecule has 0 fully saturated rings. The minimum Gasteiger partial charge on any atom is -0.491 e. The Kier molecular flexibility index (Phi) is 8.15. The third-order valence-corrected chi connectivity index (χ3v) is 2.54. The van der Waals surface area contributed by atoms with Crippen molar-refractivity contribution in [3.8, 4) is 5.75 Å². The molecule has 0 atom stereocenters. The van der Waals surface area contributed by atoms with E-state index in [0.29, 0.717) is 25.4 Å². The smallest absolute Gasteiger partial charge is 0.335 e. The molecule has 4 nitrogen and oxygen atoms in total. The third kappa shape index (κ3) is 6.95. The van der Waals surface area contributed by atoms with Gasteiger partial charge in [0.05, 0.1) is 25.4 Å². The van der Waals surface area contributed by atoms with Gasteiger partial charge in [-0.25, -0.2) is 4.79 Å². The highest BCUT2D eigenvalue weighted by Crippen LogP contribution is 2.07. The second kappa shape index (κ2) is 10.0. The maximum atomic E-state index is 11.5. The van der Waals surface area contributed by atoms with E-state index in [-0.39, 0.29) is 12.6 Å². The molecule has 0 aliphatic heterocycles. The molecule has 0 amide bonds. The molecule has 1 rings (SSSR count). The van der Waals surface area contributed by atoms with Crippen LogP contribution in [0.2, 0.25) is 0 Å². The molecular weight excluding hydrogens is 256 g/mol. The number of carbonyl (C=O) groups excluding carboxylic acids is 1. The molecule has 0 heterocycles. The lowest BCUT2D eigenvalue weighted by Crippen LogP contribution is -2.15. The van der Waals surface area contributed by atoms with E-state index >= 15 is 0 Å². The summed E-state index contributed by atoms with van der Waals surface area (Å²) in [4.78, 5) is 11.5. The van der Waals surface area contributed by atoms with Crippen LogP contribution in [0.1, 0.15) is 19.8 Å². The molecule has 0 bridgehead atoms. The van der Waals surface area contributed by atoms with Crippen LogP contribution in [-0.4, -0.2) is 32.4 Å². The van der Waals surface area contributed by atoms with Gasteiger partial charge in [-0.05, 0) is 18.6 Å². The minimum atomic E-state index is -0.387. The molecule has 0 aromatic heterocycles. The van der Waals surface area contributed by atoms with E-state index < -0.39 is 0 Å². The van der Waals surface area contributed by atoms with Crippen LogP contribution < -0.4 is 4.74 Å². The molecule has 0 unspecified atom stereocenters. The molecule has 110 valence electrons. The summed E-state index contributed by atoms with van der Waals surface area (Å²) in [5, 5.41) is 0. The lowest BCUT2D eigenvalue weighted by atomic mass is 10.3. The summed E-state index contributed by atoms with van der Waals surface area (Å²) in [6.07, 6.45) is 1.86. The SMILES string of the molecule is C=C(COCCOc1ccccc1)C(=O)OCCCC. The van der Waals surface area contributed by atoms with Crippen molar-refractivity contribution in [2.24, 2.45) is 0 Å². The molecule has 4 heteroatoms. The normalized spacial score (nSPS) is 10.1. The molecule has 0 N–H and O–H groups in total. The third-order valence-electron chi connectivity index (χ3n) is 2.54. The number of ether oxygens (including phenoxy) is 3. The van der Waals surface area contributed by atoms with Crippen molar-refractivity contribution >= 4 is 5.97 Å². The van der Waals surface area contributed by atoms with Gasteiger partial charge in [-0.3, -0.25) is 0 Å². The Morgan fingerprint density at radius 2 is 1.90 bits per heavy atom. The van der Waals surface area contributed by atoms with E-state index in [1.165, 1.54) is 0 Å². The van der Waals surface area contributed by atoms with Gasteiger partial charge in [0.1, 0.15) is 12.4 Å². The quantitative estimate of drug-likeness (QED) is 0.375. The van der Waals surface area contributed by atoms with Crippen molar-refractivity contribution in [3.05, 3.63) is 42.5 Å². The topological polar surface area (TPSA) is 44.8 Å². The van der Waals surface area contributed by atoms with Gasteiger partial charge in [-0.2, -0.15) is 0 Å². The van der Waals surface area contributed by atoms with Gasteiger partial charge in [-0.15, -0.1) is 0 Å². The van der Waals surface area contributed by atoms with Gasteiger partial charge >= 0.3 is 5.97 Å². The summed E-state index contributed by atoms with van der Waals surface area (Å²) < 4.78 is 15.8. The summed E-state index contributed by atoms with van der Waals surface area (Å²) in [5.74, 6) is 0.413. The summed E-state index contributed by atoms with van der Waals surface area (Å²) in [6.45, 7) is 7.13. The van der Waals surface area contributed by atoms with Crippen LogP contribution in [0.15, 0.2) is 42.5 Å². The zero-order valence-electron chi connectivity index (χ0n) is 12.0. The molecule has 0 saturated heterocycles. The van der Waals surface area contributed by atoms with Gasteiger partial charge in [0.2, 0.25) is 0 Å². The maximum Gasteiger partial charge on any atom is 0.335 e. The second-order valence-electron chi connectivity index (χ2n) is 4.31. The number of hydrogen-bond donors (Lipinski definition) is 0. The van der Waals surface area contributed by atoms with Crippen LogP contribution in [-0.2, 0) is 14.3 Å². The highest BCUT2D eigenvalue weighted by Gasteiger charge is 2.08. The van der Waals surface area contributed by atoms with E-state index in [2.05, 4.69) is 6.58 Å². The largest absolute Gasteiger partial charge is 0.491 e. The van der Waals surface area contributed by atoms with Crippen molar-refractivity contribution in [1.29, 1.82) is 0 Å². The highest BCUT2D eigenvalue weighted by molar-refractivity contribution is 5.87. The zero-order valence-corrected chi connectivity index (χ0v) is 12.0. The van der Waals surface area contributed by atoms with Crippen molar-refractivity contribution < 1.29 is 19.0 Å². The molecular formula is C16H22O4. The lowest BCUT2D eigenvalue weighted by Gasteiger charge is -2.08. The van der Waals surface area contributed by atoms with Crippen molar-refractivity contribution in [1.82, 2.24) is 0 Å². The molecule has 0 aliphatic rings. The fourth-order valence-corrected chi connectivity index (χ4v) is 1.40. The van der Waals surface area contributed by atoms with Crippen molar-refractivity contribution in [2.45, 2.75) is 19.8 Å². The van der Waals surface area contributed by atoms with Gasteiger partial charge in [0.25, 0.3) is 0 Å². The predicted molar refractivity (Wildman–Crippen MR) is 77.8 cm³/mol. The van der Waals surface area contributed by atoms with Crippen molar-refractivity contribution in [2.75, 3.05) is 26.4 Å². The highest BCUT2D eigenvalue weighted by atomic mass is 16.5. The monoisotopic (exact) mass is 278 g/mol. The van der Waals surface area contributed by atoms with Crippen LogP contribution >= 0.6 is 0 Å². The first-order valence-electron chi connectivity index (χ1n) is 6.84. The summed E-state index contributed by atoms with van der Waals surface area (Å²) in [5.41, 5.74) is 0.334. The Morgan fingerprint density at radius 3 is 2.60 bits per heavy atom. The summed E-state index contributed by atoms with van der Waals surface area (Å²) in [6, 6.07) is 9.50. The Labute approximate surface area is 120 Å². The van der Waals surface area contributed by atoms with Crippen molar-refractivity contribution in [3.63, 3.8) is 0 Å². The van der Waals surface area contributed by atoms with Crippen LogP contribution in [0.25, 0.3) is 0 Å². The Bertz CT molecular complexity index is 400. The first-order valence-corrected chi connectivity index (χ1v) is 6.84. The van der Waals surface area contributed by atoms with E-state index in [1.54, 1.807) is 0 Å². The van der Waals surface area contributed by atoms with Gasteiger partial charge in [-0.1, -0.05) is 38.1 Å². The second-order valence-corrected chi connectivity index (χ2v) is 4.31. The lowest BCUT2D eigenvalue weighted by molar-refractivity contribution is -0.139. The number of carbonyl (C=O) groups is 1. The predicted octanol–water partition coefficient (Wildman–Crippen LogP) is 2.98. The molecule has 20 heavy (non-hydrogen) atoms. The van der Waals surface area contributed by atoms with E-state index in [1.807, 2.05) is 37.3 Å². The zero-order chi connectivity index (χ0) is 14.6. The average Bonchev–Trinajstić information content (AvgIpc) is 2.48. The number of rotatable bonds is 10. The minimum absolute atomic E-state index is 0.170. The first kappa shape index (κ1) is 16.2. The van der Waals surface area contributed by atoms with Crippen LogP contribution in [0.4, 0.5) is 0 Å². The molecule has 0 aliphatic carbocycles. The maximum absolute atomic E-state index is 11.5. The van der Waals surface area contributed by atoms with Gasteiger partial charge in [0.15, 0.2) is 0 Å². The van der Waals surface area contributed by atoms with Gasteiger partial charge < -0.3 is 14.2 Å². The molecule has 1 aromatic carbocycles.